The van der Waals surface area contributed by atoms with Crippen LogP contribution >= 0.6 is 0 Å². The Morgan fingerprint density at radius 2 is 2.00 bits per heavy atom. The van der Waals surface area contributed by atoms with E-state index in [0.717, 1.165) is 0 Å². The smallest absolute Gasteiger partial charge is 0.276 e. The van der Waals surface area contributed by atoms with Crippen LogP contribution in [0.2, 0.25) is 0 Å². The molecule has 2 atom stereocenters. The maximum atomic E-state index is 11.2. The van der Waals surface area contributed by atoms with E-state index in [0.29, 0.717) is 6.42 Å². The van der Waals surface area contributed by atoms with Gasteiger partial charge in [0.25, 0.3) is 10.1 Å². The van der Waals surface area contributed by atoms with Crippen molar-refractivity contribution in [2.75, 3.05) is 6.54 Å². The molecule has 0 aromatic carbocycles. The Morgan fingerprint density at radius 1 is 1.54 bits per heavy atom. The molecule has 0 saturated heterocycles. The summed E-state index contributed by atoms with van der Waals surface area (Å²) in [5.74, 6) is -0.743. The van der Waals surface area contributed by atoms with Crippen LogP contribution in [0.1, 0.15) is 13.3 Å². The zero-order valence-electron chi connectivity index (χ0n) is 7.30. The van der Waals surface area contributed by atoms with Crippen LogP contribution in [0.3, 0.4) is 0 Å². The minimum absolute atomic E-state index is 0.310. The summed E-state index contributed by atoms with van der Waals surface area (Å²) in [5.41, 5.74) is 10.3. The summed E-state index contributed by atoms with van der Waals surface area (Å²) in [6.07, 6.45) is 0.310. The van der Waals surface area contributed by atoms with Gasteiger partial charge in [0.2, 0.25) is 0 Å². The highest BCUT2D eigenvalue weighted by molar-refractivity contribution is 7.87. The maximum absolute atomic E-state index is 11.2. The van der Waals surface area contributed by atoms with Gasteiger partial charge in [-0.05, 0) is 6.42 Å². The molecule has 0 spiro atoms. The topological polar surface area (TPSA) is 123 Å². The second-order valence-electron chi connectivity index (χ2n) is 2.66. The van der Waals surface area contributed by atoms with E-state index in [2.05, 4.69) is 0 Å². The van der Waals surface area contributed by atoms with E-state index in [4.69, 9.17) is 16.0 Å². The molecule has 0 amide bonds. The van der Waals surface area contributed by atoms with Crippen LogP contribution in [-0.2, 0) is 14.9 Å². The molecule has 2 unspecified atom stereocenters. The molecular weight excluding hydrogens is 196 g/mol. The Morgan fingerprint density at radius 3 is 2.23 bits per heavy atom. The van der Waals surface area contributed by atoms with E-state index in [9.17, 15) is 13.2 Å². The van der Waals surface area contributed by atoms with Crippen LogP contribution < -0.4 is 11.5 Å². The summed E-state index contributed by atoms with van der Waals surface area (Å²) < 4.78 is 29.9. The van der Waals surface area contributed by atoms with E-state index in [1.807, 2.05) is 0 Å². The van der Waals surface area contributed by atoms with Crippen molar-refractivity contribution < 1.29 is 17.8 Å². The van der Waals surface area contributed by atoms with E-state index in [-0.39, 0.29) is 0 Å². The van der Waals surface area contributed by atoms with Crippen molar-refractivity contribution in [2.45, 2.75) is 24.6 Å². The van der Waals surface area contributed by atoms with Crippen LogP contribution in [0.25, 0.3) is 0 Å². The number of carbonyl (C=O) groups excluding carboxylic acids is 1. The summed E-state index contributed by atoms with van der Waals surface area (Å²) in [4.78, 5) is 11.2. The van der Waals surface area contributed by atoms with Crippen LogP contribution in [0, 0.1) is 0 Å². The van der Waals surface area contributed by atoms with Gasteiger partial charge in [0.15, 0.2) is 11.0 Å². The Balaban J connectivity index is 4.71. The van der Waals surface area contributed by atoms with Crippen molar-refractivity contribution in [3.8, 4) is 0 Å². The third-order valence-corrected chi connectivity index (χ3v) is 2.84. The monoisotopic (exact) mass is 210 g/mol. The van der Waals surface area contributed by atoms with Gasteiger partial charge in [-0.1, -0.05) is 6.92 Å². The fourth-order valence-electron chi connectivity index (χ4n) is 0.824. The van der Waals surface area contributed by atoms with Crippen LogP contribution in [0.15, 0.2) is 0 Å². The van der Waals surface area contributed by atoms with E-state index >= 15 is 0 Å². The highest BCUT2D eigenvalue weighted by Crippen LogP contribution is 2.03. The van der Waals surface area contributed by atoms with E-state index in [1.54, 1.807) is 6.92 Å². The summed E-state index contributed by atoms with van der Waals surface area (Å²) in [6.45, 7) is 1.19. The molecule has 0 bridgehead atoms. The number of hydrogen-bond acceptors (Lipinski definition) is 5. The standard InChI is InChI=1S/C6H14N2O4S/c1-2-4(8)6(9)5(3-7)13(10,11)12/h4-5H,2-3,7-8H2,1H3,(H,10,11,12). The molecule has 0 rings (SSSR count). The number of hydrogen-bond donors (Lipinski definition) is 3. The number of rotatable bonds is 5. The summed E-state index contributed by atoms with van der Waals surface area (Å²) in [5, 5.41) is -1.59. The molecule has 7 heteroatoms. The highest BCUT2D eigenvalue weighted by atomic mass is 32.2. The van der Waals surface area contributed by atoms with Gasteiger partial charge >= 0.3 is 0 Å². The van der Waals surface area contributed by atoms with Gasteiger partial charge < -0.3 is 11.5 Å². The molecule has 0 aliphatic carbocycles. The number of ketones is 1. The minimum atomic E-state index is -4.42. The van der Waals surface area contributed by atoms with Crippen molar-refractivity contribution in [1.29, 1.82) is 0 Å². The average Bonchev–Trinajstić information content (AvgIpc) is 2.01. The summed E-state index contributed by atoms with van der Waals surface area (Å²) in [6, 6.07) is -0.893. The predicted molar refractivity (Wildman–Crippen MR) is 47.7 cm³/mol. The van der Waals surface area contributed by atoms with Crippen LogP contribution in [-0.4, -0.2) is 36.6 Å². The van der Waals surface area contributed by atoms with Gasteiger partial charge in [0.1, 0.15) is 0 Å². The molecule has 0 aromatic heterocycles. The van der Waals surface area contributed by atoms with Crippen LogP contribution in [0.5, 0.6) is 0 Å². The zero-order chi connectivity index (χ0) is 10.6. The minimum Gasteiger partial charge on any atom is -0.329 e. The molecule has 0 fully saturated rings. The van der Waals surface area contributed by atoms with E-state index in [1.165, 1.54) is 0 Å². The number of nitrogens with two attached hydrogens (primary N) is 2. The predicted octanol–water partition coefficient (Wildman–Crippen LogP) is -1.49. The number of carbonyl (C=O) groups is 1. The lowest BCUT2D eigenvalue weighted by Gasteiger charge is -2.14. The van der Waals surface area contributed by atoms with Crippen molar-refractivity contribution >= 4 is 15.9 Å². The Hall–Kier alpha value is -0.500. The lowest BCUT2D eigenvalue weighted by atomic mass is 10.1. The molecule has 0 radical (unpaired) electrons. The first-order chi connectivity index (χ1) is 5.84. The molecule has 0 heterocycles. The second-order valence-corrected chi connectivity index (χ2v) is 4.26. The largest absolute Gasteiger partial charge is 0.329 e. The zero-order valence-corrected chi connectivity index (χ0v) is 8.12. The lowest BCUT2D eigenvalue weighted by Crippen LogP contribution is -2.45. The van der Waals surface area contributed by atoms with Gasteiger partial charge in [-0.25, -0.2) is 0 Å². The maximum Gasteiger partial charge on any atom is 0.276 e. The first-order valence-corrected chi connectivity index (χ1v) is 5.30. The summed E-state index contributed by atoms with van der Waals surface area (Å²) >= 11 is 0. The third kappa shape index (κ3) is 3.39. The Labute approximate surface area is 77.0 Å². The quantitative estimate of drug-likeness (QED) is 0.475. The SMILES string of the molecule is CCC(N)C(=O)C(CN)S(=O)(=O)O. The highest BCUT2D eigenvalue weighted by Gasteiger charge is 2.32. The molecule has 0 aliphatic heterocycles. The summed E-state index contributed by atoms with van der Waals surface area (Å²) in [7, 11) is -4.42. The lowest BCUT2D eigenvalue weighted by molar-refractivity contribution is -0.119. The van der Waals surface area contributed by atoms with Crippen molar-refractivity contribution in [2.24, 2.45) is 11.5 Å². The number of Topliss-reactive ketones (excluding diaryl/α,β-unsaturated/α-hetero) is 1. The van der Waals surface area contributed by atoms with Crippen LogP contribution in [0.4, 0.5) is 0 Å². The molecule has 13 heavy (non-hydrogen) atoms. The molecule has 0 aromatic rings. The van der Waals surface area contributed by atoms with E-state index < -0.39 is 33.7 Å². The van der Waals surface area contributed by atoms with Crippen molar-refractivity contribution in [1.82, 2.24) is 0 Å². The second kappa shape index (κ2) is 4.66. The molecular formula is C6H14N2O4S. The first-order valence-electron chi connectivity index (χ1n) is 3.80. The molecule has 0 saturated carbocycles. The molecule has 5 N–H and O–H groups in total. The van der Waals surface area contributed by atoms with Gasteiger partial charge in [-0.2, -0.15) is 8.42 Å². The third-order valence-electron chi connectivity index (χ3n) is 1.70. The molecule has 78 valence electrons. The Bertz CT molecular complexity index is 274. The Kier molecular flexibility index (Phi) is 4.48. The average molecular weight is 210 g/mol. The van der Waals surface area contributed by atoms with Gasteiger partial charge in [-0.15, -0.1) is 0 Å². The normalized spacial score (nSPS) is 16.6. The van der Waals surface area contributed by atoms with Gasteiger partial charge in [-0.3, -0.25) is 9.35 Å². The van der Waals surface area contributed by atoms with Crippen molar-refractivity contribution in [3.05, 3.63) is 0 Å². The molecule has 0 aliphatic rings. The van der Waals surface area contributed by atoms with Crippen molar-refractivity contribution in [3.63, 3.8) is 0 Å². The fraction of sp³-hybridized carbons (Fsp3) is 0.833. The first kappa shape index (κ1) is 12.5. The molecule has 6 nitrogen and oxygen atoms in total. The van der Waals surface area contributed by atoms with Gasteiger partial charge in [0.05, 0.1) is 6.04 Å². The fourth-order valence-corrected chi connectivity index (χ4v) is 1.54. The van der Waals surface area contributed by atoms with Gasteiger partial charge in [0, 0.05) is 6.54 Å².